The summed E-state index contributed by atoms with van der Waals surface area (Å²) in [4.78, 5) is 21.3. The van der Waals surface area contributed by atoms with Gasteiger partial charge in [0.2, 0.25) is 0 Å². The van der Waals surface area contributed by atoms with Gasteiger partial charge in [-0.1, -0.05) is 18.2 Å². The van der Waals surface area contributed by atoms with Crippen molar-refractivity contribution in [3.63, 3.8) is 0 Å². The van der Waals surface area contributed by atoms with Gasteiger partial charge in [0.15, 0.2) is 0 Å². The Morgan fingerprint density at radius 3 is 3.00 bits per heavy atom. The molecular weight excluding hydrogens is 268 g/mol. The van der Waals surface area contributed by atoms with Gasteiger partial charge in [0.05, 0.1) is 5.69 Å². The Kier molecular flexibility index (Phi) is 3.43. The first-order valence-electron chi connectivity index (χ1n) is 6.77. The van der Waals surface area contributed by atoms with Crippen molar-refractivity contribution in [3.8, 4) is 11.3 Å². The van der Waals surface area contributed by atoms with Crippen LogP contribution in [0.1, 0.15) is 5.56 Å². The molecule has 0 aliphatic carbocycles. The summed E-state index contributed by atoms with van der Waals surface area (Å²) in [5.74, 6) is -0.196. The summed E-state index contributed by atoms with van der Waals surface area (Å²) < 4.78 is 0. The van der Waals surface area contributed by atoms with Crippen LogP contribution in [0, 0.1) is 0 Å². The first kappa shape index (κ1) is 13.4. The molecule has 1 aromatic heterocycles. The molecule has 2 heterocycles. The molecule has 21 heavy (non-hydrogen) atoms. The van der Waals surface area contributed by atoms with Crippen molar-refractivity contribution in [1.29, 1.82) is 0 Å². The van der Waals surface area contributed by atoms with Gasteiger partial charge in [0.1, 0.15) is 18.7 Å². The molecule has 3 rings (SSSR count). The standard InChI is InChI=1S/C15H16N4O2/c1-19(8-13(20)21)15-11-6-7-16-12-5-3-2-4-10(12)14(11)17-9-18-15/h2-5,9,16H,6-8H2,1H3,(H,20,21). The second kappa shape index (κ2) is 5.40. The average Bonchev–Trinajstić information content (AvgIpc) is 2.65. The topological polar surface area (TPSA) is 78.4 Å². The third-order valence-electron chi connectivity index (χ3n) is 3.53. The Labute approximate surface area is 122 Å². The average molecular weight is 284 g/mol. The highest BCUT2D eigenvalue weighted by Crippen LogP contribution is 2.34. The third kappa shape index (κ3) is 2.52. The first-order valence-corrected chi connectivity index (χ1v) is 6.77. The molecule has 2 N–H and O–H groups in total. The molecule has 0 fully saturated rings. The van der Waals surface area contributed by atoms with E-state index < -0.39 is 5.97 Å². The zero-order chi connectivity index (χ0) is 14.8. The van der Waals surface area contributed by atoms with Crippen LogP contribution in [-0.2, 0) is 11.2 Å². The summed E-state index contributed by atoms with van der Waals surface area (Å²) >= 11 is 0. The van der Waals surface area contributed by atoms with Crippen LogP contribution in [0.15, 0.2) is 30.6 Å². The fraction of sp³-hybridized carbons (Fsp3) is 0.267. The minimum absolute atomic E-state index is 0.0848. The number of carboxylic acids is 1. The largest absolute Gasteiger partial charge is 0.480 e. The maximum Gasteiger partial charge on any atom is 0.323 e. The van der Waals surface area contributed by atoms with E-state index in [1.54, 1.807) is 11.9 Å². The summed E-state index contributed by atoms with van der Waals surface area (Å²) in [6, 6.07) is 7.99. The number of anilines is 2. The molecule has 1 aromatic carbocycles. The highest BCUT2D eigenvalue weighted by molar-refractivity contribution is 5.82. The van der Waals surface area contributed by atoms with Crippen LogP contribution in [0.3, 0.4) is 0 Å². The van der Waals surface area contributed by atoms with Crippen molar-refractivity contribution >= 4 is 17.5 Å². The minimum Gasteiger partial charge on any atom is -0.480 e. The lowest BCUT2D eigenvalue weighted by molar-refractivity contribution is -0.135. The van der Waals surface area contributed by atoms with E-state index in [1.165, 1.54) is 6.33 Å². The lowest BCUT2D eigenvalue weighted by Gasteiger charge is -2.20. The van der Waals surface area contributed by atoms with E-state index in [4.69, 9.17) is 5.11 Å². The van der Waals surface area contributed by atoms with E-state index in [9.17, 15) is 4.79 Å². The molecular formula is C15H16N4O2. The van der Waals surface area contributed by atoms with E-state index in [1.807, 2.05) is 24.3 Å². The molecule has 0 atom stereocenters. The van der Waals surface area contributed by atoms with Gasteiger partial charge in [-0.3, -0.25) is 4.79 Å². The number of nitrogens with one attached hydrogen (secondary N) is 1. The number of carboxylic acid groups (broad SMARTS) is 1. The van der Waals surface area contributed by atoms with Crippen LogP contribution in [0.25, 0.3) is 11.3 Å². The van der Waals surface area contributed by atoms with Gasteiger partial charge in [-0.15, -0.1) is 0 Å². The molecule has 1 aliphatic heterocycles. The highest BCUT2D eigenvalue weighted by atomic mass is 16.4. The molecule has 1 aliphatic rings. The number of hydrogen-bond donors (Lipinski definition) is 2. The van der Waals surface area contributed by atoms with Gasteiger partial charge in [-0.2, -0.15) is 0 Å². The van der Waals surface area contributed by atoms with Crippen LogP contribution in [0.2, 0.25) is 0 Å². The van der Waals surface area contributed by atoms with Crippen molar-refractivity contribution in [2.75, 3.05) is 30.4 Å². The van der Waals surface area contributed by atoms with Crippen LogP contribution in [0.4, 0.5) is 11.5 Å². The number of rotatable bonds is 3. The van der Waals surface area contributed by atoms with Crippen LogP contribution < -0.4 is 10.2 Å². The molecule has 0 radical (unpaired) electrons. The smallest absolute Gasteiger partial charge is 0.323 e. The number of likely N-dealkylation sites (N-methyl/N-ethyl adjacent to an activating group) is 1. The second-order valence-electron chi connectivity index (χ2n) is 5.00. The summed E-state index contributed by atoms with van der Waals surface area (Å²) in [5, 5.41) is 12.3. The van der Waals surface area contributed by atoms with E-state index in [0.29, 0.717) is 5.82 Å². The number of para-hydroxylation sites is 1. The van der Waals surface area contributed by atoms with Gasteiger partial charge in [0, 0.05) is 30.4 Å². The van der Waals surface area contributed by atoms with Crippen molar-refractivity contribution in [2.45, 2.75) is 6.42 Å². The van der Waals surface area contributed by atoms with Gasteiger partial charge in [-0.05, 0) is 12.5 Å². The molecule has 6 nitrogen and oxygen atoms in total. The van der Waals surface area contributed by atoms with E-state index in [-0.39, 0.29) is 6.54 Å². The zero-order valence-electron chi connectivity index (χ0n) is 11.7. The van der Waals surface area contributed by atoms with E-state index >= 15 is 0 Å². The maximum atomic E-state index is 10.9. The molecule has 6 heteroatoms. The number of benzene rings is 1. The monoisotopic (exact) mass is 284 g/mol. The minimum atomic E-state index is -0.878. The highest BCUT2D eigenvalue weighted by Gasteiger charge is 2.21. The summed E-state index contributed by atoms with van der Waals surface area (Å²) in [6.45, 7) is 0.684. The normalized spacial score (nSPS) is 12.6. The quantitative estimate of drug-likeness (QED) is 0.892. The van der Waals surface area contributed by atoms with Crippen LogP contribution >= 0.6 is 0 Å². The molecule has 0 amide bonds. The van der Waals surface area contributed by atoms with Crippen molar-refractivity contribution in [3.05, 3.63) is 36.2 Å². The number of aliphatic carboxylic acids is 1. The lowest BCUT2D eigenvalue weighted by Crippen LogP contribution is -2.27. The van der Waals surface area contributed by atoms with E-state index in [0.717, 1.165) is 35.5 Å². The first-order chi connectivity index (χ1) is 10.2. The number of aromatic nitrogens is 2. The van der Waals surface area contributed by atoms with Crippen LogP contribution in [-0.4, -0.2) is 41.2 Å². The molecule has 108 valence electrons. The summed E-state index contributed by atoms with van der Waals surface area (Å²) in [5.41, 5.74) is 3.93. The van der Waals surface area contributed by atoms with Crippen molar-refractivity contribution in [1.82, 2.24) is 9.97 Å². The van der Waals surface area contributed by atoms with Gasteiger partial charge >= 0.3 is 5.97 Å². The molecule has 0 unspecified atom stereocenters. The second-order valence-corrected chi connectivity index (χ2v) is 5.00. The number of nitrogens with zero attached hydrogens (tertiary/aromatic N) is 3. The molecule has 0 saturated heterocycles. The molecule has 0 spiro atoms. The van der Waals surface area contributed by atoms with Gasteiger partial charge in [-0.25, -0.2) is 9.97 Å². The Balaban J connectivity index is 2.11. The Bertz CT molecular complexity index is 687. The third-order valence-corrected chi connectivity index (χ3v) is 3.53. The predicted octanol–water partition coefficient (Wildman–Crippen LogP) is 1.63. The number of carbonyl (C=O) groups is 1. The van der Waals surface area contributed by atoms with Crippen molar-refractivity contribution < 1.29 is 9.90 Å². The maximum absolute atomic E-state index is 10.9. The Hall–Kier alpha value is -2.63. The fourth-order valence-electron chi connectivity index (χ4n) is 2.64. The zero-order valence-corrected chi connectivity index (χ0v) is 11.7. The van der Waals surface area contributed by atoms with Gasteiger partial charge in [0.25, 0.3) is 0 Å². The SMILES string of the molecule is CN(CC(=O)O)c1ncnc2c1CCNc1ccccc1-2. The lowest BCUT2D eigenvalue weighted by atomic mass is 10.0. The Morgan fingerprint density at radius 1 is 1.38 bits per heavy atom. The fourth-order valence-corrected chi connectivity index (χ4v) is 2.64. The summed E-state index contributed by atoms with van der Waals surface area (Å²) in [7, 11) is 1.74. The van der Waals surface area contributed by atoms with Crippen LogP contribution in [0.5, 0.6) is 0 Å². The number of hydrogen-bond acceptors (Lipinski definition) is 5. The van der Waals surface area contributed by atoms with E-state index in [2.05, 4.69) is 15.3 Å². The molecule has 2 aromatic rings. The summed E-state index contributed by atoms with van der Waals surface area (Å²) in [6.07, 6.45) is 2.25. The molecule has 0 saturated carbocycles. The predicted molar refractivity (Wildman–Crippen MR) is 80.6 cm³/mol. The number of fused-ring (bicyclic) bond motifs is 3. The molecule has 0 bridgehead atoms. The Morgan fingerprint density at radius 2 is 2.19 bits per heavy atom. The van der Waals surface area contributed by atoms with Gasteiger partial charge < -0.3 is 15.3 Å². The van der Waals surface area contributed by atoms with Crippen molar-refractivity contribution in [2.24, 2.45) is 0 Å².